The molecule has 0 radical (unpaired) electrons. The maximum Gasteiger partial charge on any atom is 0.240 e. The molecule has 2 nitrogen and oxygen atoms in total. The van der Waals surface area contributed by atoms with Crippen molar-refractivity contribution >= 4 is 0 Å². The zero-order valence-corrected chi connectivity index (χ0v) is 11.1. The van der Waals surface area contributed by atoms with E-state index >= 15 is 0 Å². The van der Waals surface area contributed by atoms with Crippen LogP contribution in [-0.4, -0.2) is 6.29 Å². The molecule has 96 valence electrons. The fourth-order valence-electron chi connectivity index (χ4n) is 2.82. The molecule has 0 saturated heterocycles. The minimum atomic E-state index is -0.0417. The van der Waals surface area contributed by atoms with Gasteiger partial charge in [-0.1, -0.05) is 38.3 Å². The fourth-order valence-corrected chi connectivity index (χ4v) is 2.82. The van der Waals surface area contributed by atoms with Gasteiger partial charge >= 0.3 is 0 Å². The summed E-state index contributed by atoms with van der Waals surface area (Å²) >= 11 is 0. The van der Waals surface area contributed by atoms with Gasteiger partial charge in [-0.3, -0.25) is 0 Å². The number of ether oxygens (including phenoxy) is 2. The highest BCUT2D eigenvalue weighted by molar-refractivity contribution is 5.09. The molecular weight excluding hydrogens is 212 g/mol. The summed E-state index contributed by atoms with van der Waals surface area (Å²) in [5.41, 5.74) is 2.19. The van der Waals surface area contributed by atoms with Crippen LogP contribution in [0.1, 0.15) is 58.8 Å². The van der Waals surface area contributed by atoms with Gasteiger partial charge in [-0.05, 0) is 31.1 Å². The molecule has 0 bridgehead atoms. The number of rotatable bonds is 5. The molecule has 1 heterocycles. The molecule has 0 amide bonds. The van der Waals surface area contributed by atoms with E-state index in [9.17, 15) is 0 Å². The molecule has 0 fully saturated rings. The van der Waals surface area contributed by atoms with Crippen LogP contribution in [0.15, 0.2) is 24.2 Å². The van der Waals surface area contributed by atoms with Crippen molar-refractivity contribution in [3.05, 3.63) is 24.2 Å². The molecule has 1 aliphatic heterocycles. The first-order valence-electron chi connectivity index (χ1n) is 6.92. The predicted molar refractivity (Wildman–Crippen MR) is 69.3 cm³/mol. The Balaban J connectivity index is 1.78. The third-order valence-corrected chi connectivity index (χ3v) is 4.52. The van der Waals surface area contributed by atoms with Gasteiger partial charge in [0.25, 0.3) is 0 Å². The van der Waals surface area contributed by atoms with E-state index in [1.165, 1.54) is 32.1 Å². The first-order valence-corrected chi connectivity index (χ1v) is 6.92. The first-order chi connectivity index (χ1) is 8.28. The lowest BCUT2D eigenvalue weighted by Crippen LogP contribution is -2.21. The molecule has 2 rings (SSSR count). The molecule has 17 heavy (non-hydrogen) atoms. The number of allylic oxidation sites excluding steroid dienone is 2. The first kappa shape index (κ1) is 12.5. The van der Waals surface area contributed by atoms with Crippen LogP contribution in [0.5, 0.6) is 0 Å². The highest BCUT2D eigenvalue weighted by Gasteiger charge is 2.28. The van der Waals surface area contributed by atoms with Crippen LogP contribution >= 0.6 is 0 Å². The number of hydrogen-bond donors (Lipinski definition) is 0. The van der Waals surface area contributed by atoms with Crippen molar-refractivity contribution in [2.75, 3.05) is 0 Å². The van der Waals surface area contributed by atoms with E-state index in [0.717, 1.165) is 12.8 Å². The molecule has 0 N–H and O–H groups in total. The largest absolute Gasteiger partial charge is 0.459 e. The van der Waals surface area contributed by atoms with Crippen LogP contribution in [0.4, 0.5) is 0 Å². The maximum atomic E-state index is 5.30. The minimum absolute atomic E-state index is 0.0417. The van der Waals surface area contributed by atoms with E-state index in [0.29, 0.717) is 5.41 Å². The summed E-state index contributed by atoms with van der Waals surface area (Å²) in [6.07, 6.45) is 14.3. The van der Waals surface area contributed by atoms with E-state index in [1.807, 2.05) is 0 Å². The predicted octanol–water partition coefficient (Wildman–Crippen LogP) is 4.53. The average Bonchev–Trinajstić information content (AvgIpc) is 2.90. The Morgan fingerprint density at radius 3 is 2.47 bits per heavy atom. The van der Waals surface area contributed by atoms with Gasteiger partial charge in [0, 0.05) is 6.42 Å². The van der Waals surface area contributed by atoms with Gasteiger partial charge in [-0.15, -0.1) is 0 Å². The van der Waals surface area contributed by atoms with Gasteiger partial charge < -0.3 is 9.47 Å². The smallest absolute Gasteiger partial charge is 0.240 e. The van der Waals surface area contributed by atoms with Gasteiger partial charge in [0.1, 0.15) is 12.5 Å². The Bertz CT molecular complexity index is 292. The molecular formula is C15H24O2. The standard InChI is InChI=1S/C15H24O2/c1-3-15(4-2)9-7-13(8-10-15)5-6-14-16-11-12-17-14/h7,11-12,14H,3-6,8-10H2,1-2H3. The summed E-state index contributed by atoms with van der Waals surface area (Å²) < 4.78 is 10.6. The van der Waals surface area contributed by atoms with Gasteiger partial charge in [-0.2, -0.15) is 0 Å². The second-order valence-corrected chi connectivity index (χ2v) is 5.29. The van der Waals surface area contributed by atoms with Crippen LogP contribution in [-0.2, 0) is 9.47 Å². The van der Waals surface area contributed by atoms with Crippen molar-refractivity contribution in [1.82, 2.24) is 0 Å². The summed E-state index contributed by atoms with van der Waals surface area (Å²) in [7, 11) is 0. The van der Waals surface area contributed by atoms with Crippen molar-refractivity contribution in [2.24, 2.45) is 5.41 Å². The molecule has 2 heteroatoms. The van der Waals surface area contributed by atoms with Crippen molar-refractivity contribution in [2.45, 2.75) is 65.1 Å². The van der Waals surface area contributed by atoms with E-state index in [4.69, 9.17) is 9.47 Å². The monoisotopic (exact) mass is 236 g/mol. The molecule has 0 aromatic carbocycles. The lowest BCUT2D eigenvalue weighted by atomic mass is 9.71. The van der Waals surface area contributed by atoms with Gasteiger partial charge in [0.05, 0.1) is 0 Å². The molecule has 0 spiro atoms. The Kier molecular flexibility index (Phi) is 4.14. The molecule has 2 aliphatic rings. The average molecular weight is 236 g/mol. The zero-order valence-electron chi connectivity index (χ0n) is 11.1. The van der Waals surface area contributed by atoms with Crippen molar-refractivity contribution in [3.8, 4) is 0 Å². The van der Waals surface area contributed by atoms with Crippen LogP contribution in [0, 0.1) is 5.41 Å². The van der Waals surface area contributed by atoms with E-state index < -0.39 is 0 Å². The summed E-state index contributed by atoms with van der Waals surface area (Å²) in [5.74, 6) is 0. The van der Waals surface area contributed by atoms with E-state index in [-0.39, 0.29) is 6.29 Å². The zero-order chi connectivity index (χ0) is 12.1. The summed E-state index contributed by atoms with van der Waals surface area (Å²) in [4.78, 5) is 0. The minimum Gasteiger partial charge on any atom is -0.459 e. The van der Waals surface area contributed by atoms with Crippen LogP contribution < -0.4 is 0 Å². The molecule has 0 atom stereocenters. The van der Waals surface area contributed by atoms with Gasteiger partial charge in [-0.25, -0.2) is 0 Å². The molecule has 0 saturated carbocycles. The maximum absolute atomic E-state index is 5.30. The number of hydrogen-bond acceptors (Lipinski definition) is 2. The third kappa shape index (κ3) is 3.05. The van der Waals surface area contributed by atoms with Crippen LogP contribution in [0.3, 0.4) is 0 Å². The Hall–Kier alpha value is -0.920. The topological polar surface area (TPSA) is 18.5 Å². The van der Waals surface area contributed by atoms with Gasteiger partial charge in [0.2, 0.25) is 6.29 Å². The quantitative estimate of drug-likeness (QED) is 0.653. The Morgan fingerprint density at radius 2 is 1.94 bits per heavy atom. The fraction of sp³-hybridized carbons (Fsp3) is 0.733. The Labute approximate surface area is 105 Å². The second kappa shape index (κ2) is 5.61. The lowest BCUT2D eigenvalue weighted by Gasteiger charge is -2.35. The second-order valence-electron chi connectivity index (χ2n) is 5.29. The summed E-state index contributed by atoms with van der Waals surface area (Å²) in [6, 6.07) is 0. The van der Waals surface area contributed by atoms with Gasteiger partial charge in [0.15, 0.2) is 0 Å². The molecule has 0 aromatic heterocycles. The van der Waals surface area contributed by atoms with E-state index in [2.05, 4.69) is 19.9 Å². The summed E-state index contributed by atoms with van der Waals surface area (Å²) in [5, 5.41) is 0. The molecule has 0 unspecified atom stereocenters. The van der Waals surface area contributed by atoms with E-state index in [1.54, 1.807) is 18.1 Å². The SMILES string of the molecule is CCC1(CC)CC=C(CCC2OC=CO2)CC1. The highest BCUT2D eigenvalue weighted by Crippen LogP contribution is 2.42. The Morgan fingerprint density at radius 1 is 1.24 bits per heavy atom. The highest BCUT2D eigenvalue weighted by atomic mass is 16.7. The molecule has 1 aliphatic carbocycles. The van der Waals surface area contributed by atoms with Crippen molar-refractivity contribution in [1.29, 1.82) is 0 Å². The summed E-state index contributed by atoms with van der Waals surface area (Å²) in [6.45, 7) is 4.66. The van der Waals surface area contributed by atoms with Crippen LogP contribution in [0.2, 0.25) is 0 Å². The van der Waals surface area contributed by atoms with Crippen molar-refractivity contribution in [3.63, 3.8) is 0 Å². The molecule has 0 aromatic rings. The van der Waals surface area contributed by atoms with Crippen LogP contribution in [0.25, 0.3) is 0 Å². The van der Waals surface area contributed by atoms with Crippen molar-refractivity contribution < 1.29 is 9.47 Å². The normalized spacial score (nSPS) is 23.1. The third-order valence-electron chi connectivity index (χ3n) is 4.52. The lowest BCUT2D eigenvalue weighted by molar-refractivity contribution is -0.0277.